The first-order valence-electron chi connectivity index (χ1n) is 9.97. The zero-order chi connectivity index (χ0) is 19.7. The summed E-state index contributed by atoms with van der Waals surface area (Å²) >= 11 is 0. The molecule has 0 aromatic heterocycles. The van der Waals surface area contributed by atoms with Crippen LogP contribution in [0.1, 0.15) is 49.4 Å². The fourth-order valence-corrected chi connectivity index (χ4v) is 4.13. The Morgan fingerprint density at radius 1 is 1.11 bits per heavy atom. The van der Waals surface area contributed by atoms with Gasteiger partial charge in [0.2, 0.25) is 5.91 Å². The van der Waals surface area contributed by atoms with Gasteiger partial charge in [0.05, 0.1) is 6.04 Å². The molecule has 4 rings (SSSR count). The van der Waals surface area contributed by atoms with Crippen LogP contribution in [0.5, 0.6) is 5.75 Å². The van der Waals surface area contributed by atoms with E-state index in [1.165, 1.54) is 21.9 Å². The molecule has 3 heteroatoms. The van der Waals surface area contributed by atoms with Crippen molar-refractivity contribution in [1.82, 2.24) is 5.32 Å². The minimum atomic E-state index is -0.296. The van der Waals surface area contributed by atoms with Crippen LogP contribution in [0.25, 0.3) is 10.8 Å². The van der Waals surface area contributed by atoms with Gasteiger partial charge in [0.15, 0.2) is 0 Å². The summed E-state index contributed by atoms with van der Waals surface area (Å²) in [5, 5.41) is 5.70. The van der Waals surface area contributed by atoms with Crippen molar-refractivity contribution in [2.24, 2.45) is 0 Å². The van der Waals surface area contributed by atoms with E-state index in [4.69, 9.17) is 4.74 Å². The first-order chi connectivity index (χ1) is 13.4. The molecular weight excluding hydrogens is 346 g/mol. The first-order valence-corrected chi connectivity index (χ1v) is 9.97. The number of amides is 1. The van der Waals surface area contributed by atoms with Crippen molar-refractivity contribution in [1.29, 1.82) is 0 Å². The van der Waals surface area contributed by atoms with Gasteiger partial charge < -0.3 is 10.1 Å². The van der Waals surface area contributed by atoms with Crippen molar-refractivity contribution >= 4 is 16.7 Å². The van der Waals surface area contributed by atoms with E-state index in [1.807, 2.05) is 12.1 Å². The molecule has 1 N–H and O–H groups in total. The predicted octanol–water partition coefficient (Wildman–Crippen LogP) is 5.50. The van der Waals surface area contributed by atoms with Crippen molar-refractivity contribution in [3.63, 3.8) is 0 Å². The summed E-state index contributed by atoms with van der Waals surface area (Å²) in [6.45, 7) is 6.22. The summed E-state index contributed by atoms with van der Waals surface area (Å²) < 4.78 is 6.11. The van der Waals surface area contributed by atoms with Crippen molar-refractivity contribution in [2.45, 2.75) is 51.7 Å². The van der Waals surface area contributed by atoms with Crippen molar-refractivity contribution in [2.75, 3.05) is 0 Å². The SMILES string of the molecule is Cc1ccc2c(c1)C(NC(=O)CCc1cccc3ccccc13)CC(C)(C)O2. The van der Waals surface area contributed by atoms with Crippen molar-refractivity contribution in [3.8, 4) is 5.75 Å². The van der Waals surface area contributed by atoms with Gasteiger partial charge in [-0.3, -0.25) is 4.79 Å². The molecule has 0 saturated heterocycles. The Labute approximate surface area is 166 Å². The molecule has 0 fully saturated rings. The molecule has 0 saturated carbocycles. The second-order valence-corrected chi connectivity index (χ2v) is 8.37. The molecule has 3 aromatic carbocycles. The van der Waals surface area contributed by atoms with Crippen LogP contribution in [-0.4, -0.2) is 11.5 Å². The summed E-state index contributed by atoms with van der Waals surface area (Å²) in [6.07, 6.45) is 1.98. The zero-order valence-corrected chi connectivity index (χ0v) is 16.8. The van der Waals surface area contributed by atoms with Crippen LogP contribution in [0.15, 0.2) is 60.7 Å². The molecule has 1 aliphatic heterocycles. The maximum absolute atomic E-state index is 12.8. The highest BCUT2D eigenvalue weighted by molar-refractivity contribution is 5.86. The third-order valence-corrected chi connectivity index (χ3v) is 5.46. The van der Waals surface area contributed by atoms with E-state index in [0.717, 1.165) is 24.2 Å². The van der Waals surface area contributed by atoms with Gasteiger partial charge in [-0.2, -0.15) is 0 Å². The Kier molecular flexibility index (Phi) is 4.84. The highest BCUT2D eigenvalue weighted by atomic mass is 16.5. The molecule has 28 heavy (non-hydrogen) atoms. The number of fused-ring (bicyclic) bond motifs is 2. The standard InChI is InChI=1S/C25H27NO2/c1-17-11-13-23-21(15-17)22(16-25(2,3)28-23)26-24(27)14-12-19-9-6-8-18-7-4-5-10-20(18)19/h4-11,13,15,22H,12,14,16H2,1-3H3,(H,26,27). The first kappa shape index (κ1) is 18.5. The van der Waals surface area contributed by atoms with Crippen LogP contribution < -0.4 is 10.1 Å². The third-order valence-electron chi connectivity index (χ3n) is 5.46. The van der Waals surface area contributed by atoms with Crippen LogP contribution in [0, 0.1) is 6.92 Å². The monoisotopic (exact) mass is 373 g/mol. The number of hydrogen-bond acceptors (Lipinski definition) is 2. The fraction of sp³-hybridized carbons (Fsp3) is 0.320. The second kappa shape index (κ2) is 7.31. The molecule has 1 atom stereocenters. The summed E-state index contributed by atoms with van der Waals surface area (Å²) in [7, 11) is 0. The molecule has 0 bridgehead atoms. The summed E-state index contributed by atoms with van der Waals surface area (Å²) in [6, 6.07) is 20.8. The zero-order valence-electron chi connectivity index (χ0n) is 16.8. The van der Waals surface area contributed by atoms with Crippen LogP contribution >= 0.6 is 0 Å². The lowest BCUT2D eigenvalue weighted by molar-refractivity contribution is -0.122. The number of carbonyl (C=O) groups is 1. The van der Waals surface area contributed by atoms with Crippen LogP contribution in [0.4, 0.5) is 0 Å². The number of hydrogen-bond donors (Lipinski definition) is 1. The maximum atomic E-state index is 12.8. The molecular formula is C25H27NO2. The molecule has 0 radical (unpaired) electrons. The molecule has 3 aromatic rings. The minimum absolute atomic E-state index is 0.0151. The predicted molar refractivity (Wildman–Crippen MR) is 114 cm³/mol. The minimum Gasteiger partial charge on any atom is -0.487 e. The largest absolute Gasteiger partial charge is 0.487 e. The van der Waals surface area contributed by atoms with Gasteiger partial charge in [0, 0.05) is 18.4 Å². The summed E-state index contributed by atoms with van der Waals surface area (Å²) in [4.78, 5) is 12.8. The van der Waals surface area contributed by atoms with Crippen LogP contribution in [0.3, 0.4) is 0 Å². The average Bonchev–Trinajstić information content (AvgIpc) is 2.66. The number of rotatable bonds is 4. The topological polar surface area (TPSA) is 38.3 Å². The smallest absolute Gasteiger partial charge is 0.220 e. The Morgan fingerprint density at radius 2 is 1.89 bits per heavy atom. The molecule has 144 valence electrons. The van der Waals surface area contributed by atoms with Crippen molar-refractivity contribution in [3.05, 3.63) is 77.4 Å². The number of aryl methyl sites for hydroxylation is 2. The highest BCUT2D eigenvalue weighted by Gasteiger charge is 2.34. The summed E-state index contributed by atoms with van der Waals surface area (Å²) in [5.41, 5.74) is 3.18. The Hall–Kier alpha value is -2.81. The van der Waals surface area contributed by atoms with E-state index in [0.29, 0.717) is 6.42 Å². The molecule has 1 amide bonds. The number of nitrogens with one attached hydrogen (secondary N) is 1. The van der Waals surface area contributed by atoms with Crippen molar-refractivity contribution < 1.29 is 9.53 Å². The molecule has 3 nitrogen and oxygen atoms in total. The lowest BCUT2D eigenvalue weighted by atomic mass is 9.88. The molecule has 1 heterocycles. The van der Waals surface area contributed by atoms with E-state index >= 15 is 0 Å². The lowest BCUT2D eigenvalue weighted by Crippen LogP contribution is -2.41. The fourth-order valence-electron chi connectivity index (χ4n) is 4.13. The van der Waals surface area contributed by atoms with Gasteiger partial charge in [-0.25, -0.2) is 0 Å². The Bertz CT molecular complexity index is 1020. The van der Waals surface area contributed by atoms with Gasteiger partial charge in [0.1, 0.15) is 11.4 Å². The average molecular weight is 373 g/mol. The van der Waals surface area contributed by atoms with Gasteiger partial charge in [-0.1, -0.05) is 60.2 Å². The molecule has 0 aliphatic carbocycles. The normalized spacial score (nSPS) is 17.6. The van der Waals surface area contributed by atoms with E-state index in [-0.39, 0.29) is 17.6 Å². The third kappa shape index (κ3) is 3.89. The Morgan fingerprint density at radius 3 is 2.75 bits per heavy atom. The van der Waals surface area contributed by atoms with Gasteiger partial charge in [0.25, 0.3) is 0 Å². The van der Waals surface area contributed by atoms with E-state index in [2.05, 4.69) is 74.6 Å². The van der Waals surface area contributed by atoms with Gasteiger partial charge >= 0.3 is 0 Å². The lowest BCUT2D eigenvalue weighted by Gasteiger charge is -2.38. The second-order valence-electron chi connectivity index (χ2n) is 8.37. The quantitative estimate of drug-likeness (QED) is 0.656. The number of carbonyl (C=O) groups excluding carboxylic acids is 1. The van der Waals surface area contributed by atoms with Crippen LogP contribution in [0.2, 0.25) is 0 Å². The van der Waals surface area contributed by atoms with E-state index in [9.17, 15) is 4.79 Å². The van der Waals surface area contributed by atoms with Gasteiger partial charge in [-0.05, 0) is 49.6 Å². The van der Waals surface area contributed by atoms with Gasteiger partial charge in [-0.15, -0.1) is 0 Å². The highest BCUT2D eigenvalue weighted by Crippen LogP contribution is 2.39. The molecule has 1 unspecified atom stereocenters. The Balaban J connectivity index is 1.49. The summed E-state index contributed by atoms with van der Waals surface area (Å²) in [5.74, 6) is 0.962. The molecule has 1 aliphatic rings. The van der Waals surface area contributed by atoms with Crippen LogP contribution in [-0.2, 0) is 11.2 Å². The number of ether oxygens (including phenoxy) is 1. The number of benzene rings is 3. The van der Waals surface area contributed by atoms with E-state index in [1.54, 1.807) is 0 Å². The molecule has 0 spiro atoms. The van der Waals surface area contributed by atoms with E-state index < -0.39 is 0 Å². The maximum Gasteiger partial charge on any atom is 0.220 e.